The zero-order valence-electron chi connectivity index (χ0n) is 12.0. The first kappa shape index (κ1) is 16.0. The van der Waals surface area contributed by atoms with Gasteiger partial charge in [-0.15, -0.1) is 12.3 Å². The fourth-order valence-electron chi connectivity index (χ4n) is 2.40. The molecular formula is C16H20O4. The van der Waals surface area contributed by atoms with Crippen molar-refractivity contribution >= 4 is 11.9 Å². The van der Waals surface area contributed by atoms with E-state index in [1.165, 1.54) is 14.2 Å². The lowest BCUT2D eigenvalue weighted by Crippen LogP contribution is -2.40. The second-order valence-electron chi connectivity index (χ2n) is 4.84. The lowest BCUT2D eigenvalue weighted by Gasteiger charge is -2.25. The number of allylic oxidation sites excluding steroid dienone is 3. The van der Waals surface area contributed by atoms with E-state index in [1.54, 1.807) is 0 Å². The Morgan fingerprint density at radius 3 is 2.35 bits per heavy atom. The first-order valence-electron chi connectivity index (χ1n) is 6.49. The van der Waals surface area contributed by atoms with Crippen molar-refractivity contribution in [2.45, 2.75) is 32.1 Å². The van der Waals surface area contributed by atoms with E-state index in [0.717, 1.165) is 30.4 Å². The van der Waals surface area contributed by atoms with Gasteiger partial charge in [-0.3, -0.25) is 9.59 Å². The monoisotopic (exact) mass is 276 g/mol. The lowest BCUT2D eigenvalue weighted by molar-refractivity contribution is -0.168. The minimum absolute atomic E-state index is 0.0530. The topological polar surface area (TPSA) is 52.6 Å². The molecule has 1 aliphatic rings. The third-order valence-electron chi connectivity index (χ3n) is 3.63. The van der Waals surface area contributed by atoms with Crippen molar-refractivity contribution in [1.29, 1.82) is 0 Å². The van der Waals surface area contributed by atoms with Crippen molar-refractivity contribution in [3.8, 4) is 12.3 Å². The summed E-state index contributed by atoms with van der Waals surface area (Å²) in [7, 11) is 2.47. The fourth-order valence-corrected chi connectivity index (χ4v) is 2.40. The van der Waals surface area contributed by atoms with E-state index in [9.17, 15) is 9.59 Å². The molecule has 0 aromatic rings. The molecule has 1 fully saturated rings. The van der Waals surface area contributed by atoms with Gasteiger partial charge in [0.05, 0.1) is 14.2 Å². The van der Waals surface area contributed by atoms with Gasteiger partial charge in [-0.05, 0) is 31.3 Å². The lowest BCUT2D eigenvalue weighted by atomic mass is 9.80. The van der Waals surface area contributed by atoms with Gasteiger partial charge in [0.2, 0.25) is 0 Å². The molecule has 0 aromatic carbocycles. The Bertz CT molecular complexity index is 463. The summed E-state index contributed by atoms with van der Waals surface area (Å²) in [6, 6.07) is 0. The average Bonchev–Trinajstić information content (AvgIpc) is 2.87. The maximum atomic E-state index is 12.0. The summed E-state index contributed by atoms with van der Waals surface area (Å²) >= 11 is 0. The number of ether oxygens (including phenoxy) is 2. The molecule has 0 aromatic heterocycles. The van der Waals surface area contributed by atoms with Crippen LogP contribution in [0.25, 0.3) is 0 Å². The molecule has 1 rings (SSSR count). The summed E-state index contributed by atoms with van der Waals surface area (Å²) in [6.45, 7) is 3.97. The number of esters is 2. The van der Waals surface area contributed by atoms with Crippen molar-refractivity contribution < 1.29 is 19.1 Å². The molecule has 0 unspecified atom stereocenters. The second kappa shape index (κ2) is 6.95. The van der Waals surface area contributed by atoms with Gasteiger partial charge in [0.1, 0.15) is 0 Å². The number of hydrogen-bond acceptors (Lipinski definition) is 4. The Kier molecular flexibility index (Phi) is 5.57. The average molecular weight is 276 g/mol. The highest BCUT2D eigenvalue weighted by Crippen LogP contribution is 2.35. The van der Waals surface area contributed by atoms with Crippen LogP contribution in [0, 0.1) is 17.8 Å². The van der Waals surface area contributed by atoms with Gasteiger partial charge in [0.15, 0.2) is 5.41 Å². The van der Waals surface area contributed by atoms with Gasteiger partial charge < -0.3 is 9.47 Å². The molecule has 0 atom stereocenters. The number of rotatable bonds is 5. The van der Waals surface area contributed by atoms with E-state index in [2.05, 4.69) is 12.5 Å². The van der Waals surface area contributed by atoms with Crippen LogP contribution >= 0.6 is 0 Å². The number of carbonyl (C=O) groups is 2. The van der Waals surface area contributed by atoms with E-state index >= 15 is 0 Å². The normalized spacial score (nSPS) is 16.9. The Hall–Kier alpha value is -2.02. The van der Waals surface area contributed by atoms with Crippen LogP contribution in [0.2, 0.25) is 0 Å². The van der Waals surface area contributed by atoms with Crippen molar-refractivity contribution in [2.24, 2.45) is 5.41 Å². The summed E-state index contributed by atoms with van der Waals surface area (Å²) in [5.74, 6) is 1.04. The van der Waals surface area contributed by atoms with Gasteiger partial charge in [-0.25, -0.2) is 0 Å². The largest absolute Gasteiger partial charge is 0.468 e. The zero-order valence-corrected chi connectivity index (χ0v) is 12.0. The molecule has 0 saturated heterocycles. The van der Waals surface area contributed by atoms with Crippen LogP contribution in [0.4, 0.5) is 0 Å². The van der Waals surface area contributed by atoms with Crippen LogP contribution in [0.3, 0.4) is 0 Å². The summed E-state index contributed by atoms with van der Waals surface area (Å²) < 4.78 is 9.49. The van der Waals surface area contributed by atoms with E-state index in [4.69, 9.17) is 15.9 Å². The standard InChI is InChI=1S/C16H20O4/c1-5-10-16(14(17)19-3,15(18)20-4)11-9-13-8-6-7-12(13)2/h1,9H,2,6-8,10-11H2,3-4H3/b13-9-. The summed E-state index contributed by atoms with van der Waals surface area (Å²) in [6.07, 6.45) is 10.2. The van der Waals surface area contributed by atoms with Gasteiger partial charge in [-0.1, -0.05) is 18.2 Å². The first-order chi connectivity index (χ1) is 9.51. The Morgan fingerprint density at radius 1 is 1.35 bits per heavy atom. The van der Waals surface area contributed by atoms with Crippen LogP contribution in [0.1, 0.15) is 32.1 Å². The van der Waals surface area contributed by atoms with Crippen LogP contribution in [-0.2, 0) is 19.1 Å². The Morgan fingerprint density at radius 2 is 1.95 bits per heavy atom. The molecule has 20 heavy (non-hydrogen) atoms. The van der Waals surface area contributed by atoms with Crippen LogP contribution in [0.15, 0.2) is 23.8 Å². The van der Waals surface area contributed by atoms with E-state index in [0.29, 0.717) is 0 Å². The molecule has 0 radical (unpaired) electrons. The molecule has 0 N–H and O–H groups in total. The Balaban J connectivity index is 3.09. The van der Waals surface area contributed by atoms with Crippen molar-refractivity contribution in [3.63, 3.8) is 0 Å². The molecule has 0 amide bonds. The van der Waals surface area contributed by atoms with Gasteiger partial charge >= 0.3 is 11.9 Å². The molecule has 108 valence electrons. The number of methoxy groups -OCH3 is 2. The van der Waals surface area contributed by atoms with E-state index in [1.807, 2.05) is 6.08 Å². The smallest absolute Gasteiger partial charge is 0.324 e. The molecule has 0 aliphatic heterocycles. The highest BCUT2D eigenvalue weighted by molar-refractivity contribution is 6.00. The van der Waals surface area contributed by atoms with Crippen molar-refractivity contribution in [1.82, 2.24) is 0 Å². The van der Waals surface area contributed by atoms with Gasteiger partial charge in [0, 0.05) is 6.42 Å². The SMILES string of the molecule is C#CCC(C/C=C1/CCCC1=C)(C(=O)OC)C(=O)OC. The summed E-state index contributed by atoms with van der Waals surface area (Å²) in [5.41, 5.74) is 0.669. The predicted molar refractivity (Wildman–Crippen MR) is 75.6 cm³/mol. The predicted octanol–water partition coefficient (Wildman–Crippen LogP) is 2.40. The second-order valence-corrected chi connectivity index (χ2v) is 4.84. The van der Waals surface area contributed by atoms with Gasteiger partial charge in [0.25, 0.3) is 0 Å². The fraction of sp³-hybridized carbons (Fsp3) is 0.500. The maximum Gasteiger partial charge on any atom is 0.324 e. The third-order valence-corrected chi connectivity index (χ3v) is 3.63. The molecule has 0 heterocycles. The number of hydrogen-bond donors (Lipinski definition) is 0. The first-order valence-corrected chi connectivity index (χ1v) is 6.49. The van der Waals surface area contributed by atoms with Gasteiger partial charge in [-0.2, -0.15) is 0 Å². The Labute approximate surface area is 119 Å². The quantitative estimate of drug-likeness (QED) is 0.439. The molecule has 4 heteroatoms. The van der Waals surface area contributed by atoms with Crippen LogP contribution < -0.4 is 0 Å². The summed E-state index contributed by atoms with van der Waals surface area (Å²) in [5, 5.41) is 0. The minimum Gasteiger partial charge on any atom is -0.468 e. The van der Waals surface area contributed by atoms with Crippen LogP contribution in [-0.4, -0.2) is 26.2 Å². The zero-order chi connectivity index (χ0) is 15.2. The molecule has 1 saturated carbocycles. The van der Waals surface area contributed by atoms with E-state index in [-0.39, 0.29) is 12.8 Å². The minimum atomic E-state index is -1.46. The third kappa shape index (κ3) is 3.11. The molecular weight excluding hydrogens is 256 g/mol. The summed E-state index contributed by atoms with van der Waals surface area (Å²) in [4.78, 5) is 24.1. The molecule has 0 bridgehead atoms. The van der Waals surface area contributed by atoms with Crippen molar-refractivity contribution in [2.75, 3.05) is 14.2 Å². The van der Waals surface area contributed by atoms with E-state index < -0.39 is 17.4 Å². The van der Waals surface area contributed by atoms with Crippen molar-refractivity contribution in [3.05, 3.63) is 23.8 Å². The number of carbonyl (C=O) groups excluding carboxylic acids is 2. The highest BCUT2D eigenvalue weighted by Gasteiger charge is 2.47. The highest BCUT2D eigenvalue weighted by atomic mass is 16.5. The van der Waals surface area contributed by atoms with Crippen LogP contribution in [0.5, 0.6) is 0 Å². The maximum absolute atomic E-state index is 12.0. The molecule has 1 aliphatic carbocycles. The number of terminal acetylenes is 1. The molecule has 4 nitrogen and oxygen atoms in total. The molecule has 0 spiro atoms.